The van der Waals surface area contributed by atoms with Gasteiger partial charge in [0.15, 0.2) is 0 Å². The minimum Gasteiger partial charge on any atom is -0.326 e. The molecule has 2 aromatic rings. The topological polar surface area (TPSA) is 71.1 Å². The van der Waals surface area contributed by atoms with Gasteiger partial charge in [-0.2, -0.15) is 0 Å². The average Bonchev–Trinajstić information content (AvgIpc) is 2.87. The summed E-state index contributed by atoms with van der Waals surface area (Å²) in [6.07, 6.45) is 2.60. The zero-order valence-electron chi connectivity index (χ0n) is 13.9. The Morgan fingerprint density at radius 1 is 1.42 bits per heavy atom. The average molecular weight is 343 g/mol. The van der Waals surface area contributed by atoms with E-state index in [-0.39, 0.29) is 17.7 Å². The molecule has 1 aliphatic heterocycles. The van der Waals surface area contributed by atoms with Crippen LogP contribution in [0, 0.1) is 6.92 Å². The van der Waals surface area contributed by atoms with Crippen LogP contribution in [0.25, 0.3) is 0 Å². The van der Waals surface area contributed by atoms with Gasteiger partial charge in [-0.05, 0) is 31.4 Å². The summed E-state index contributed by atoms with van der Waals surface area (Å²) in [5, 5.41) is 7.69. The lowest BCUT2D eigenvalue weighted by Gasteiger charge is -2.25. The van der Waals surface area contributed by atoms with Gasteiger partial charge in [-0.25, -0.2) is 4.98 Å². The van der Waals surface area contributed by atoms with E-state index in [2.05, 4.69) is 22.5 Å². The molecular weight excluding hydrogens is 322 g/mol. The van der Waals surface area contributed by atoms with Crippen molar-refractivity contribution < 1.29 is 9.59 Å². The van der Waals surface area contributed by atoms with E-state index >= 15 is 0 Å². The van der Waals surface area contributed by atoms with E-state index in [4.69, 9.17) is 0 Å². The third-order valence-corrected chi connectivity index (χ3v) is 5.23. The Morgan fingerprint density at radius 2 is 2.21 bits per heavy atom. The number of fused-ring (bicyclic) bond motifs is 1. The number of benzene rings is 1. The quantitative estimate of drug-likeness (QED) is 0.866. The summed E-state index contributed by atoms with van der Waals surface area (Å²) in [5.41, 5.74) is 2.70. The standard InChI is InChI=1S/C18H21N3O2S/c1-3-6-17-19-11(2)18(24-17)21-16(23)10-12-9-15(22)20-14-8-5-4-7-13(12)14/h4-5,7-8,12H,3,6,9-10H2,1-2H3,(H,20,22)(H,21,23). The number of carbonyl (C=O) groups is 2. The minimum atomic E-state index is -0.0849. The highest BCUT2D eigenvalue weighted by Crippen LogP contribution is 2.34. The molecule has 0 saturated heterocycles. The van der Waals surface area contributed by atoms with Crippen molar-refractivity contribution in [2.45, 2.75) is 45.4 Å². The van der Waals surface area contributed by atoms with Gasteiger partial charge < -0.3 is 10.6 Å². The van der Waals surface area contributed by atoms with E-state index in [9.17, 15) is 9.59 Å². The maximum absolute atomic E-state index is 12.5. The molecule has 1 aromatic heterocycles. The summed E-state index contributed by atoms with van der Waals surface area (Å²) in [4.78, 5) is 28.8. The van der Waals surface area contributed by atoms with Crippen LogP contribution in [-0.2, 0) is 16.0 Å². The molecule has 0 aliphatic carbocycles. The fourth-order valence-electron chi connectivity index (χ4n) is 2.97. The van der Waals surface area contributed by atoms with Gasteiger partial charge in [0.2, 0.25) is 11.8 Å². The summed E-state index contributed by atoms with van der Waals surface area (Å²) in [6, 6.07) is 7.68. The van der Waals surface area contributed by atoms with Crippen LogP contribution in [0.3, 0.4) is 0 Å². The van der Waals surface area contributed by atoms with E-state index in [1.807, 2.05) is 31.2 Å². The van der Waals surface area contributed by atoms with Crippen molar-refractivity contribution in [2.75, 3.05) is 10.6 Å². The van der Waals surface area contributed by atoms with Crippen molar-refractivity contribution in [3.05, 3.63) is 40.5 Å². The molecule has 0 spiro atoms. The summed E-state index contributed by atoms with van der Waals surface area (Å²) in [6.45, 7) is 4.02. The number of hydrogen-bond acceptors (Lipinski definition) is 4. The Bertz CT molecular complexity index is 769. The van der Waals surface area contributed by atoms with E-state index in [0.29, 0.717) is 12.8 Å². The number of anilines is 2. The maximum Gasteiger partial charge on any atom is 0.225 e. The third kappa shape index (κ3) is 3.64. The van der Waals surface area contributed by atoms with Gasteiger partial charge in [-0.3, -0.25) is 9.59 Å². The van der Waals surface area contributed by atoms with Crippen molar-refractivity contribution in [3.63, 3.8) is 0 Å². The van der Waals surface area contributed by atoms with Gasteiger partial charge in [0, 0.05) is 24.4 Å². The maximum atomic E-state index is 12.5. The molecule has 0 radical (unpaired) electrons. The summed E-state index contributed by atoms with van der Waals surface area (Å²) < 4.78 is 0. The Balaban J connectivity index is 1.70. The van der Waals surface area contributed by atoms with Crippen LogP contribution in [0.4, 0.5) is 10.7 Å². The molecule has 5 nitrogen and oxygen atoms in total. The van der Waals surface area contributed by atoms with Crippen molar-refractivity contribution in [1.82, 2.24) is 4.98 Å². The molecule has 0 fully saturated rings. The predicted molar refractivity (Wildman–Crippen MR) is 96.5 cm³/mol. The molecule has 1 atom stereocenters. The minimum absolute atomic E-state index is 0.0364. The first-order chi connectivity index (χ1) is 11.6. The van der Waals surface area contributed by atoms with Crippen LogP contribution in [-0.4, -0.2) is 16.8 Å². The molecule has 0 bridgehead atoms. The van der Waals surface area contributed by atoms with Crippen LogP contribution >= 0.6 is 11.3 Å². The molecule has 1 aromatic carbocycles. The van der Waals surface area contributed by atoms with E-state index in [0.717, 1.165) is 39.8 Å². The number of nitrogens with zero attached hydrogens (tertiary/aromatic N) is 1. The van der Waals surface area contributed by atoms with Gasteiger partial charge in [0.1, 0.15) is 5.00 Å². The first kappa shape index (κ1) is 16.6. The Hall–Kier alpha value is -2.21. The van der Waals surface area contributed by atoms with E-state index in [1.165, 1.54) is 11.3 Å². The van der Waals surface area contributed by atoms with Crippen LogP contribution in [0.1, 0.15) is 48.4 Å². The van der Waals surface area contributed by atoms with Crippen LogP contribution in [0.15, 0.2) is 24.3 Å². The number of nitrogens with one attached hydrogen (secondary N) is 2. The predicted octanol–water partition coefficient (Wildman–Crippen LogP) is 3.86. The highest BCUT2D eigenvalue weighted by Gasteiger charge is 2.27. The summed E-state index contributed by atoms with van der Waals surface area (Å²) in [5.74, 6) is -0.191. The van der Waals surface area contributed by atoms with Crippen molar-refractivity contribution in [2.24, 2.45) is 0 Å². The molecule has 2 heterocycles. The molecule has 2 amide bonds. The lowest BCUT2D eigenvalue weighted by atomic mass is 9.88. The molecule has 2 N–H and O–H groups in total. The van der Waals surface area contributed by atoms with E-state index < -0.39 is 0 Å². The smallest absolute Gasteiger partial charge is 0.225 e. The molecule has 1 unspecified atom stereocenters. The number of rotatable bonds is 5. The molecule has 6 heteroatoms. The van der Waals surface area contributed by atoms with E-state index in [1.54, 1.807) is 0 Å². The van der Waals surface area contributed by atoms with Crippen LogP contribution < -0.4 is 10.6 Å². The number of carbonyl (C=O) groups excluding carboxylic acids is 2. The molecular formula is C18H21N3O2S. The molecule has 126 valence electrons. The Kier molecular flexibility index (Phi) is 4.94. The first-order valence-corrected chi connectivity index (χ1v) is 9.03. The van der Waals surface area contributed by atoms with Crippen LogP contribution in [0.2, 0.25) is 0 Å². The SMILES string of the molecule is CCCc1nc(C)c(NC(=O)CC2CC(=O)Nc3ccccc32)s1. The van der Waals surface area contributed by atoms with Gasteiger partial charge in [-0.15, -0.1) is 11.3 Å². The third-order valence-electron chi connectivity index (χ3n) is 4.10. The number of thiazole rings is 1. The highest BCUT2D eigenvalue weighted by molar-refractivity contribution is 7.16. The highest BCUT2D eigenvalue weighted by atomic mass is 32.1. The number of aromatic nitrogens is 1. The Morgan fingerprint density at radius 3 is 3.00 bits per heavy atom. The van der Waals surface area contributed by atoms with Crippen molar-refractivity contribution in [1.29, 1.82) is 0 Å². The fraction of sp³-hybridized carbons (Fsp3) is 0.389. The molecule has 24 heavy (non-hydrogen) atoms. The molecule has 0 saturated carbocycles. The second-order valence-electron chi connectivity index (χ2n) is 6.06. The fourth-order valence-corrected chi connectivity index (χ4v) is 4.06. The summed E-state index contributed by atoms with van der Waals surface area (Å²) in [7, 11) is 0. The summed E-state index contributed by atoms with van der Waals surface area (Å²) >= 11 is 1.54. The zero-order chi connectivity index (χ0) is 17.1. The molecule has 1 aliphatic rings. The normalized spacial score (nSPS) is 16.4. The van der Waals surface area contributed by atoms with Crippen LogP contribution in [0.5, 0.6) is 0 Å². The van der Waals surface area contributed by atoms with Gasteiger partial charge >= 0.3 is 0 Å². The number of para-hydroxylation sites is 1. The van der Waals surface area contributed by atoms with Crippen molar-refractivity contribution in [3.8, 4) is 0 Å². The van der Waals surface area contributed by atoms with Gasteiger partial charge in [-0.1, -0.05) is 25.1 Å². The number of hydrogen-bond donors (Lipinski definition) is 2. The number of amides is 2. The largest absolute Gasteiger partial charge is 0.326 e. The lowest BCUT2D eigenvalue weighted by Crippen LogP contribution is -2.25. The van der Waals surface area contributed by atoms with Gasteiger partial charge in [0.25, 0.3) is 0 Å². The second-order valence-corrected chi connectivity index (χ2v) is 7.14. The lowest BCUT2D eigenvalue weighted by molar-refractivity contribution is -0.118. The zero-order valence-corrected chi connectivity index (χ0v) is 14.7. The van der Waals surface area contributed by atoms with Crippen molar-refractivity contribution >= 4 is 33.8 Å². The monoisotopic (exact) mass is 343 g/mol. The molecule has 3 rings (SSSR count). The Labute approximate surface area is 145 Å². The first-order valence-electron chi connectivity index (χ1n) is 8.21. The van der Waals surface area contributed by atoms with Gasteiger partial charge in [0.05, 0.1) is 10.7 Å². The second kappa shape index (κ2) is 7.13. The number of aryl methyl sites for hydroxylation is 2.